The summed E-state index contributed by atoms with van der Waals surface area (Å²) in [6.07, 6.45) is 4.56. The molecule has 1 heterocycles. The van der Waals surface area contributed by atoms with Gasteiger partial charge in [-0.1, -0.05) is 13.8 Å². The normalized spacial score (nSPS) is 25.8. The number of carbonyl (C=O) groups is 1. The lowest BCUT2D eigenvalue weighted by molar-refractivity contribution is -0.127. The lowest BCUT2D eigenvalue weighted by Gasteiger charge is -2.18. The SMILES string of the molecule is CC(C)CCN1CC(CNC2CC2)CC1=O. The van der Waals surface area contributed by atoms with E-state index in [1.54, 1.807) is 0 Å². The van der Waals surface area contributed by atoms with Gasteiger partial charge in [0.2, 0.25) is 5.91 Å². The number of hydrogen-bond acceptors (Lipinski definition) is 2. The van der Waals surface area contributed by atoms with Crippen LogP contribution in [-0.4, -0.2) is 36.5 Å². The highest BCUT2D eigenvalue weighted by Crippen LogP contribution is 2.22. The van der Waals surface area contributed by atoms with Crippen LogP contribution in [0.1, 0.15) is 39.5 Å². The van der Waals surface area contributed by atoms with Crippen molar-refractivity contribution in [2.45, 2.75) is 45.6 Å². The summed E-state index contributed by atoms with van der Waals surface area (Å²) in [5.74, 6) is 1.61. The van der Waals surface area contributed by atoms with Gasteiger partial charge in [0, 0.05) is 32.1 Å². The van der Waals surface area contributed by atoms with Crippen molar-refractivity contribution < 1.29 is 4.79 Å². The molecule has 2 fully saturated rings. The molecule has 0 radical (unpaired) electrons. The van der Waals surface area contributed by atoms with Gasteiger partial charge in [-0.25, -0.2) is 0 Å². The first-order chi connectivity index (χ1) is 7.65. The summed E-state index contributed by atoms with van der Waals surface area (Å²) in [6, 6.07) is 0.764. The topological polar surface area (TPSA) is 32.3 Å². The van der Waals surface area contributed by atoms with Crippen LogP contribution in [0.2, 0.25) is 0 Å². The number of carbonyl (C=O) groups excluding carboxylic acids is 1. The zero-order chi connectivity index (χ0) is 11.5. The van der Waals surface area contributed by atoms with E-state index in [4.69, 9.17) is 0 Å². The smallest absolute Gasteiger partial charge is 0.222 e. The van der Waals surface area contributed by atoms with Gasteiger partial charge in [0.05, 0.1) is 0 Å². The zero-order valence-corrected chi connectivity index (χ0v) is 10.5. The third-order valence-corrected chi connectivity index (χ3v) is 3.54. The molecule has 1 aliphatic carbocycles. The van der Waals surface area contributed by atoms with Crippen LogP contribution in [0.3, 0.4) is 0 Å². The second-order valence-corrected chi connectivity index (χ2v) is 5.77. The number of hydrogen-bond donors (Lipinski definition) is 1. The predicted molar refractivity (Wildman–Crippen MR) is 65.2 cm³/mol. The Labute approximate surface area is 98.6 Å². The Morgan fingerprint density at radius 1 is 1.44 bits per heavy atom. The summed E-state index contributed by atoms with van der Waals surface area (Å²) in [4.78, 5) is 13.8. The van der Waals surface area contributed by atoms with E-state index in [-0.39, 0.29) is 0 Å². The number of nitrogens with one attached hydrogen (secondary N) is 1. The highest BCUT2D eigenvalue weighted by Gasteiger charge is 2.30. The second kappa shape index (κ2) is 5.17. The van der Waals surface area contributed by atoms with Crippen molar-refractivity contribution in [1.82, 2.24) is 10.2 Å². The Bertz CT molecular complexity index is 248. The average Bonchev–Trinajstić information content (AvgIpc) is 2.98. The van der Waals surface area contributed by atoms with Crippen LogP contribution in [0.25, 0.3) is 0 Å². The largest absolute Gasteiger partial charge is 0.342 e. The van der Waals surface area contributed by atoms with E-state index in [1.807, 2.05) is 0 Å². The summed E-state index contributed by atoms with van der Waals surface area (Å²) in [5.41, 5.74) is 0. The molecule has 2 rings (SSSR count). The summed E-state index contributed by atoms with van der Waals surface area (Å²) >= 11 is 0. The summed E-state index contributed by atoms with van der Waals surface area (Å²) in [5, 5.41) is 3.53. The highest BCUT2D eigenvalue weighted by molar-refractivity contribution is 5.78. The Balaban J connectivity index is 1.68. The van der Waals surface area contributed by atoms with E-state index < -0.39 is 0 Å². The first-order valence-electron chi connectivity index (χ1n) is 6.66. The van der Waals surface area contributed by atoms with E-state index in [2.05, 4.69) is 24.1 Å². The van der Waals surface area contributed by atoms with Gasteiger partial charge in [-0.3, -0.25) is 4.79 Å². The standard InChI is InChI=1S/C13H24N2O/c1-10(2)5-6-15-9-11(7-13(15)16)8-14-12-3-4-12/h10-12,14H,3-9H2,1-2H3. The molecular weight excluding hydrogens is 200 g/mol. The third kappa shape index (κ3) is 3.48. The van der Waals surface area contributed by atoms with E-state index in [1.165, 1.54) is 12.8 Å². The minimum Gasteiger partial charge on any atom is -0.342 e. The zero-order valence-electron chi connectivity index (χ0n) is 10.5. The summed E-state index contributed by atoms with van der Waals surface area (Å²) < 4.78 is 0. The van der Waals surface area contributed by atoms with Gasteiger partial charge in [0.15, 0.2) is 0 Å². The molecule has 0 aromatic rings. The van der Waals surface area contributed by atoms with Gasteiger partial charge in [0.1, 0.15) is 0 Å². The van der Waals surface area contributed by atoms with E-state index in [9.17, 15) is 4.79 Å². The molecule has 1 saturated heterocycles. The minimum absolute atomic E-state index is 0.364. The molecule has 1 N–H and O–H groups in total. The maximum absolute atomic E-state index is 11.8. The molecular formula is C13H24N2O. The molecule has 1 atom stereocenters. The van der Waals surface area contributed by atoms with Crippen LogP contribution >= 0.6 is 0 Å². The van der Waals surface area contributed by atoms with Crippen molar-refractivity contribution in [3.8, 4) is 0 Å². The second-order valence-electron chi connectivity index (χ2n) is 5.77. The first kappa shape index (κ1) is 11.9. The fraction of sp³-hybridized carbons (Fsp3) is 0.923. The van der Waals surface area contributed by atoms with Gasteiger partial charge in [-0.15, -0.1) is 0 Å². The fourth-order valence-corrected chi connectivity index (χ4v) is 2.24. The van der Waals surface area contributed by atoms with Gasteiger partial charge < -0.3 is 10.2 Å². The Kier molecular flexibility index (Phi) is 3.85. The van der Waals surface area contributed by atoms with Crippen molar-refractivity contribution in [2.24, 2.45) is 11.8 Å². The summed E-state index contributed by atoms with van der Waals surface area (Å²) in [7, 11) is 0. The summed E-state index contributed by atoms with van der Waals surface area (Å²) in [6.45, 7) is 7.40. The van der Waals surface area contributed by atoms with E-state index >= 15 is 0 Å². The number of rotatable bonds is 6. The van der Waals surface area contributed by atoms with Crippen LogP contribution in [0.15, 0.2) is 0 Å². The van der Waals surface area contributed by atoms with Crippen LogP contribution in [0.5, 0.6) is 0 Å². The molecule has 2 aliphatic rings. The van der Waals surface area contributed by atoms with Crippen molar-refractivity contribution in [1.29, 1.82) is 0 Å². The molecule has 0 bridgehead atoms. The Hall–Kier alpha value is -0.570. The first-order valence-corrected chi connectivity index (χ1v) is 6.66. The molecule has 1 saturated carbocycles. The maximum Gasteiger partial charge on any atom is 0.222 e. The molecule has 1 unspecified atom stereocenters. The number of likely N-dealkylation sites (tertiary alicyclic amines) is 1. The molecule has 1 amide bonds. The lowest BCUT2D eigenvalue weighted by atomic mass is 10.1. The minimum atomic E-state index is 0.364. The van der Waals surface area contributed by atoms with Crippen LogP contribution in [0, 0.1) is 11.8 Å². The molecule has 0 aromatic heterocycles. The van der Waals surface area contributed by atoms with Gasteiger partial charge in [-0.05, 0) is 31.1 Å². The van der Waals surface area contributed by atoms with Crippen LogP contribution in [-0.2, 0) is 4.79 Å². The van der Waals surface area contributed by atoms with Crippen molar-refractivity contribution in [3.05, 3.63) is 0 Å². The van der Waals surface area contributed by atoms with E-state index in [0.29, 0.717) is 17.7 Å². The van der Waals surface area contributed by atoms with Crippen LogP contribution in [0.4, 0.5) is 0 Å². The molecule has 0 spiro atoms. The maximum atomic E-state index is 11.8. The molecule has 1 aliphatic heterocycles. The quantitative estimate of drug-likeness (QED) is 0.744. The Morgan fingerprint density at radius 2 is 2.19 bits per heavy atom. The van der Waals surface area contributed by atoms with Gasteiger partial charge in [-0.2, -0.15) is 0 Å². The third-order valence-electron chi connectivity index (χ3n) is 3.54. The van der Waals surface area contributed by atoms with E-state index in [0.717, 1.165) is 38.5 Å². The molecule has 3 nitrogen and oxygen atoms in total. The predicted octanol–water partition coefficient (Wildman–Crippen LogP) is 1.63. The number of amides is 1. The molecule has 0 aromatic carbocycles. The Morgan fingerprint density at radius 3 is 2.81 bits per heavy atom. The van der Waals surface area contributed by atoms with Crippen molar-refractivity contribution >= 4 is 5.91 Å². The van der Waals surface area contributed by atoms with Gasteiger partial charge in [0.25, 0.3) is 0 Å². The van der Waals surface area contributed by atoms with Crippen molar-refractivity contribution in [2.75, 3.05) is 19.6 Å². The average molecular weight is 224 g/mol. The number of nitrogens with zero attached hydrogens (tertiary/aromatic N) is 1. The fourth-order valence-electron chi connectivity index (χ4n) is 2.24. The van der Waals surface area contributed by atoms with Crippen molar-refractivity contribution in [3.63, 3.8) is 0 Å². The monoisotopic (exact) mass is 224 g/mol. The lowest BCUT2D eigenvalue weighted by Crippen LogP contribution is -2.29. The molecule has 92 valence electrons. The molecule has 16 heavy (non-hydrogen) atoms. The highest BCUT2D eigenvalue weighted by atomic mass is 16.2. The molecule has 3 heteroatoms. The van der Waals surface area contributed by atoms with Crippen LogP contribution < -0.4 is 5.32 Å². The van der Waals surface area contributed by atoms with Gasteiger partial charge >= 0.3 is 0 Å².